The molecule has 0 saturated heterocycles. The number of benzene rings is 2. The Kier molecular flexibility index (Phi) is 6.04. The van der Waals surface area contributed by atoms with Gasteiger partial charge in [-0.15, -0.1) is 0 Å². The molecule has 126 valence electrons. The first kappa shape index (κ1) is 18.5. The van der Waals surface area contributed by atoms with E-state index in [2.05, 4.69) is 5.32 Å². The highest BCUT2D eigenvalue weighted by atomic mass is 35.5. The minimum absolute atomic E-state index is 0.110. The summed E-state index contributed by atoms with van der Waals surface area (Å²) < 4.78 is 13.1. The van der Waals surface area contributed by atoms with Crippen molar-refractivity contribution < 1.29 is 14.0 Å². The van der Waals surface area contributed by atoms with Gasteiger partial charge in [0.15, 0.2) is 0 Å². The lowest BCUT2D eigenvalue weighted by Gasteiger charge is -2.21. The van der Waals surface area contributed by atoms with Gasteiger partial charge in [-0.05, 0) is 36.4 Å². The van der Waals surface area contributed by atoms with E-state index in [-0.39, 0.29) is 22.5 Å². The van der Waals surface area contributed by atoms with Crippen molar-refractivity contribution >= 4 is 58.0 Å². The first-order valence-electron chi connectivity index (χ1n) is 6.76. The molecule has 0 aliphatic carbocycles. The normalized spacial score (nSPS) is 10.4. The smallest absolute Gasteiger partial charge is 0.244 e. The van der Waals surface area contributed by atoms with Crippen molar-refractivity contribution in [3.05, 3.63) is 57.3 Å². The number of halogens is 4. The van der Waals surface area contributed by atoms with Crippen LogP contribution >= 0.6 is 34.8 Å². The van der Waals surface area contributed by atoms with E-state index in [0.717, 1.165) is 6.07 Å². The summed E-state index contributed by atoms with van der Waals surface area (Å²) in [5.74, 6) is -1.41. The monoisotopic (exact) mass is 388 g/mol. The number of hydrogen-bond donors (Lipinski definition) is 1. The molecular weight excluding hydrogens is 378 g/mol. The van der Waals surface area contributed by atoms with Crippen LogP contribution in [0.25, 0.3) is 0 Å². The maximum absolute atomic E-state index is 13.1. The number of rotatable bonds is 4. The topological polar surface area (TPSA) is 49.4 Å². The van der Waals surface area contributed by atoms with Crippen molar-refractivity contribution in [2.45, 2.75) is 6.92 Å². The minimum Gasteiger partial charge on any atom is -0.324 e. The molecule has 2 aromatic rings. The summed E-state index contributed by atoms with van der Waals surface area (Å²) in [4.78, 5) is 25.2. The fourth-order valence-corrected chi connectivity index (χ4v) is 2.43. The Balaban J connectivity index is 2.15. The summed E-state index contributed by atoms with van der Waals surface area (Å²) in [5, 5.41) is 3.05. The Morgan fingerprint density at radius 3 is 2.33 bits per heavy atom. The zero-order valence-electron chi connectivity index (χ0n) is 12.4. The van der Waals surface area contributed by atoms with E-state index in [4.69, 9.17) is 34.8 Å². The van der Waals surface area contributed by atoms with Crippen molar-refractivity contribution in [2.75, 3.05) is 16.8 Å². The average Bonchev–Trinajstić information content (AvgIpc) is 2.51. The number of anilines is 2. The average molecular weight is 390 g/mol. The van der Waals surface area contributed by atoms with Crippen LogP contribution in [-0.2, 0) is 9.59 Å². The van der Waals surface area contributed by atoms with Crippen LogP contribution in [0.2, 0.25) is 15.1 Å². The van der Waals surface area contributed by atoms with Gasteiger partial charge in [0.05, 0.1) is 15.1 Å². The number of carbonyl (C=O) groups is 2. The van der Waals surface area contributed by atoms with E-state index in [1.165, 1.54) is 36.1 Å². The zero-order valence-corrected chi connectivity index (χ0v) is 14.7. The molecule has 0 unspecified atom stereocenters. The molecule has 0 bridgehead atoms. The van der Waals surface area contributed by atoms with Crippen molar-refractivity contribution in [2.24, 2.45) is 0 Å². The fraction of sp³-hybridized carbons (Fsp3) is 0.125. The third-order valence-corrected chi connectivity index (χ3v) is 4.13. The van der Waals surface area contributed by atoms with Crippen LogP contribution in [-0.4, -0.2) is 18.4 Å². The molecule has 0 atom stereocenters. The molecule has 4 nitrogen and oxygen atoms in total. The maximum Gasteiger partial charge on any atom is 0.244 e. The van der Waals surface area contributed by atoms with Crippen molar-refractivity contribution in [3.63, 3.8) is 0 Å². The SMILES string of the molecule is CC(=O)N(CC(=O)Nc1ccc(F)c(Cl)c1)c1ccc(Cl)c(Cl)c1. The molecule has 0 spiro atoms. The van der Waals surface area contributed by atoms with E-state index < -0.39 is 11.7 Å². The summed E-state index contributed by atoms with van der Waals surface area (Å²) in [7, 11) is 0. The van der Waals surface area contributed by atoms with E-state index in [1.807, 2.05) is 0 Å². The quantitative estimate of drug-likeness (QED) is 0.818. The first-order chi connectivity index (χ1) is 11.3. The van der Waals surface area contributed by atoms with Gasteiger partial charge in [-0.1, -0.05) is 34.8 Å². The highest BCUT2D eigenvalue weighted by Gasteiger charge is 2.17. The molecule has 0 fully saturated rings. The van der Waals surface area contributed by atoms with Gasteiger partial charge in [0.25, 0.3) is 0 Å². The van der Waals surface area contributed by atoms with Crippen LogP contribution in [0.4, 0.5) is 15.8 Å². The number of nitrogens with zero attached hydrogens (tertiary/aromatic N) is 1. The Morgan fingerprint density at radius 2 is 1.75 bits per heavy atom. The molecule has 1 N–H and O–H groups in total. The molecule has 2 amide bonds. The highest BCUT2D eigenvalue weighted by Crippen LogP contribution is 2.27. The number of nitrogens with one attached hydrogen (secondary N) is 1. The number of carbonyl (C=O) groups excluding carboxylic acids is 2. The molecule has 0 radical (unpaired) electrons. The summed E-state index contributed by atoms with van der Waals surface area (Å²) in [6.07, 6.45) is 0. The summed E-state index contributed by atoms with van der Waals surface area (Å²) in [6, 6.07) is 8.40. The number of hydrogen-bond acceptors (Lipinski definition) is 2. The van der Waals surface area contributed by atoms with Gasteiger partial charge in [0, 0.05) is 18.3 Å². The van der Waals surface area contributed by atoms with Crippen LogP contribution in [0.5, 0.6) is 0 Å². The van der Waals surface area contributed by atoms with Crippen LogP contribution in [0.15, 0.2) is 36.4 Å². The highest BCUT2D eigenvalue weighted by molar-refractivity contribution is 6.42. The van der Waals surface area contributed by atoms with Crippen LogP contribution in [0.1, 0.15) is 6.92 Å². The molecule has 8 heteroatoms. The minimum atomic E-state index is -0.587. The predicted molar refractivity (Wildman–Crippen MR) is 94.5 cm³/mol. The lowest BCUT2D eigenvalue weighted by Crippen LogP contribution is -2.36. The Labute approximate surface area is 153 Å². The van der Waals surface area contributed by atoms with Gasteiger partial charge in [-0.2, -0.15) is 0 Å². The predicted octanol–water partition coefficient (Wildman–Crippen LogP) is 4.78. The Bertz CT molecular complexity index is 799. The lowest BCUT2D eigenvalue weighted by molar-refractivity contribution is -0.120. The summed E-state index contributed by atoms with van der Waals surface area (Å²) >= 11 is 17.5. The second kappa shape index (κ2) is 7.83. The molecule has 0 saturated carbocycles. The van der Waals surface area contributed by atoms with Gasteiger partial charge in [-0.25, -0.2) is 4.39 Å². The standard InChI is InChI=1S/C16H12Cl3FN2O2/c1-9(23)22(11-3-4-12(17)13(18)7-11)8-16(24)21-10-2-5-15(20)14(19)6-10/h2-7H,8H2,1H3,(H,21,24). The number of amides is 2. The summed E-state index contributed by atoms with van der Waals surface area (Å²) in [6.45, 7) is 1.08. The van der Waals surface area contributed by atoms with Crippen molar-refractivity contribution in [3.8, 4) is 0 Å². The first-order valence-corrected chi connectivity index (χ1v) is 7.89. The second-order valence-corrected chi connectivity index (χ2v) is 6.10. The van der Waals surface area contributed by atoms with Crippen LogP contribution in [0.3, 0.4) is 0 Å². The Hall–Kier alpha value is -1.82. The maximum atomic E-state index is 13.1. The molecule has 0 aliphatic heterocycles. The Morgan fingerprint density at radius 1 is 1.04 bits per heavy atom. The second-order valence-electron chi connectivity index (χ2n) is 4.88. The molecule has 24 heavy (non-hydrogen) atoms. The molecule has 0 heterocycles. The fourth-order valence-electron chi connectivity index (χ4n) is 1.96. The van der Waals surface area contributed by atoms with E-state index in [0.29, 0.717) is 16.4 Å². The van der Waals surface area contributed by atoms with Crippen molar-refractivity contribution in [1.29, 1.82) is 0 Å². The van der Waals surface area contributed by atoms with Gasteiger partial charge >= 0.3 is 0 Å². The molecular formula is C16H12Cl3FN2O2. The molecule has 2 aromatic carbocycles. The van der Waals surface area contributed by atoms with Gasteiger partial charge in [0.1, 0.15) is 12.4 Å². The molecule has 2 rings (SSSR count). The lowest BCUT2D eigenvalue weighted by atomic mass is 10.2. The largest absolute Gasteiger partial charge is 0.324 e. The van der Waals surface area contributed by atoms with Gasteiger partial charge < -0.3 is 10.2 Å². The van der Waals surface area contributed by atoms with Crippen molar-refractivity contribution in [1.82, 2.24) is 0 Å². The molecule has 0 aromatic heterocycles. The van der Waals surface area contributed by atoms with Gasteiger partial charge in [-0.3, -0.25) is 9.59 Å². The summed E-state index contributed by atoms with van der Waals surface area (Å²) in [5.41, 5.74) is 0.758. The third kappa shape index (κ3) is 4.60. The zero-order chi connectivity index (χ0) is 17.9. The van der Waals surface area contributed by atoms with Gasteiger partial charge in [0.2, 0.25) is 11.8 Å². The van der Waals surface area contributed by atoms with E-state index >= 15 is 0 Å². The van der Waals surface area contributed by atoms with E-state index in [1.54, 1.807) is 6.07 Å². The third-order valence-electron chi connectivity index (χ3n) is 3.10. The van der Waals surface area contributed by atoms with Crippen LogP contribution < -0.4 is 10.2 Å². The molecule has 0 aliphatic rings. The van der Waals surface area contributed by atoms with Crippen LogP contribution in [0, 0.1) is 5.82 Å². The van der Waals surface area contributed by atoms with E-state index in [9.17, 15) is 14.0 Å².